The van der Waals surface area contributed by atoms with Gasteiger partial charge >= 0.3 is 12.1 Å². The molecule has 1 aromatic carbocycles. The van der Waals surface area contributed by atoms with Crippen molar-refractivity contribution < 1.29 is 31.9 Å². The van der Waals surface area contributed by atoms with E-state index in [0.29, 0.717) is 16.3 Å². The normalized spacial score (nSPS) is 12.5. The minimum atomic E-state index is -4.55. The van der Waals surface area contributed by atoms with Crippen LogP contribution in [0.15, 0.2) is 40.8 Å². The summed E-state index contributed by atoms with van der Waals surface area (Å²) in [7, 11) is 0. The van der Waals surface area contributed by atoms with Gasteiger partial charge < -0.3 is 14.5 Å². The van der Waals surface area contributed by atoms with Gasteiger partial charge in [-0.3, -0.25) is 4.79 Å². The first-order valence-electron chi connectivity index (χ1n) is 7.07. The third-order valence-corrected chi connectivity index (χ3v) is 3.30. The number of rotatable bonds is 5. The molecule has 0 aliphatic heterocycles. The van der Waals surface area contributed by atoms with Crippen LogP contribution in [0.3, 0.4) is 0 Å². The lowest BCUT2D eigenvalue weighted by atomic mass is 10.2. The molecule has 0 aliphatic rings. The first-order valence-corrected chi connectivity index (χ1v) is 7.45. The molecule has 1 amide bonds. The van der Waals surface area contributed by atoms with Gasteiger partial charge in [0.1, 0.15) is 12.3 Å². The molecule has 0 aliphatic carbocycles. The van der Waals surface area contributed by atoms with E-state index in [1.807, 2.05) is 0 Å². The molecular weight excluding hydrogens is 363 g/mol. The minimum absolute atomic E-state index is 0.180. The summed E-state index contributed by atoms with van der Waals surface area (Å²) >= 11 is 5.78. The zero-order valence-corrected chi connectivity index (χ0v) is 13.6. The van der Waals surface area contributed by atoms with Crippen molar-refractivity contribution in [3.63, 3.8) is 0 Å². The molecular formula is C16H13ClF3NO4. The maximum atomic E-state index is 12.1. The van der Waals surface area contributed by atoms with Gasteiger partial charge in [-0.25, -0.2) is 4.79 Å². The summed E-state index contributed by atoms with van der Waals surface area (Å²) < 4.78 is 46.3. The summed E-state index contributed by atoms with van der Waals surface area (Å²) in [6, 6.07) is 9.52. The van der Waals surface area contributed by atoms with E-state index in [1.54, 1.807) is 29.6 Å². The Kier molecular flexibility index (Phi) is 5.73. The van der Waals surface area contributed by atoms with E-state index >= 15 is 0 Å². The molecule has 1 heterocycles. The molecule has 0 bridgehead atoms. The maximum Gasteiger partial charge on any atom is 0.405 e. The Hall–Kier alpha value is -2.48. The van der Waals surface area contributed by atoms with Crippen molar-refractivity contribution in [1.29, 1.82) is 0 Å². The molecule has 2 rings (SSSR count). The molecule has 0 spiro atoms. The van der Waals surface area contributed by atoms with E-state index < -0.39 is 30.7 Å². The van der Waals surface area contributed by atoms with Crippen LogP contribution in [0.1, 0.15) is 17.5 Å². The van der Waals surface area contributed by atoms with Crippen molar-refractivity contribution in [1.82, 2.24) is 5.32 Å². The lowest BCUT2D eigenvalue weighted by Crippen LogP contribution is -2.40. The minimum Gasteiger partial charge on any atom is -0.449 e. The van der Waals surface area contributed by atoms with Crippen LogP contribution in [-0.4, -0.2) is 30.7 Å². The number of nitrogens with one attached hydrogen (secondary N) is 1. The highest BCUT2D eigenvalue weighted by Gasteiger charge is 2.29. The number of furan rings is 1. The standard InChI is InChI=1S/C16H13ClF3NO4/c1-9(14(22)21-8-16(18,19)20)24-15(23)13-7-6-12(25-13)10-2-4-11(17)5-3-10/h2-7,9H,8H2,1H3,(H,21,22)/t9-/m0/s1. The largest absolute Gasteiger partial charge is 0.449 e. The Labute approximate surface area is 145 Å². The van der Waals surface area contributed by atoms with Crippen LogP contribution in [0.4, 0.5) is 13.2 Å². The Balaban J connectivity index is 1.97. The quantitative estimate of drug-likeness (QED) is 0.806. The van der Waals surface area contributed by atoms with Gasteiger partial charge in [0.15, 0.2) is 6.10 Å². The Morgan fingerprint density at radius 2 is 1.84 bits per heavy atom. The van der Waals surface area contributed by atoms with Gasteiger partial charge in [0, 0.05) is 10.6 Å². The van der Waals surface area contributed by atoms with E-state index in [-0.39, 0.29) is 5.76 Å². The number of hydrogen-bond donors (Lipinski definition) is 1. The predicted octanol–water partition coefficient (Wildman–Crippen LogP) is 3.82. The molecule has 1 aromatic heterocycles. The zero-order valence-electron chi connectivity index (χ0n) is 12.9. The molecule has 0 unspecified atom stereocenters. The van der Waals surface area contributed by atoms with Crippen LogP contribution in [0.5, 0.6) is 0 Å². The van der Waals surface area contributed by atoms with Crippen LogP contribution < -0.4 is 5.32 Å². The van der Waals surface area contributed by atoms with E-state index in [4.69, 9.17) is 20.8 Å². The van der Waals surface area contributed by atoms with Gasteiger partial charge in [-0.2, -0.15) is 13.2 Å². The molecule has 9 heteroatoms. The third kappa shape index (κ3) is 5.53. The van der Waals surface area contributed by atoms with Crippen molar-refractivity contribution >= 4 is 23.5 Å². The number of ether oxygens (including phenoxy) is 1. The van der Waals surface area contributed by atoms with Crippen molar-refractivity contribution in [2.75, 3.05) is 6.54 Å². The fourth-order valence-corrected chi connectivity index (χ4v) is 1.95. The van der Waals surface area contributed by atoms with Gasteiger partial charge in [0.05, 0.1) is 0 Å². The average Bonchev–Trinajstić information content (AvgIpc) is 3.02. The predicted molar refractivity (Wildman–Crippen MR) is 83.1 cm³/mol. The van der Waals surface area contributed by atoms with Crippen molar-refractivity contribution in [2.24, 2.45) is 0 Å². The smallest absolute Gasteiger partial charge is 0.405 e. The summed E-state index contributed by atoms with van der Waals surface area (Å²) in [5, 5.41) is 2.17. The van der Waals surface area contributed by atoms with E-state index in [2.05, 4.69) is 0 Å². The van der Waals surface area contributed by atoms with Crippen molar-refractivity contribution in [3.8, 4) is 11.3 Å². The van der Waals surface area contributed by atoms with Crippen LogP contribution in [0.2, 0.25) is 5.02 Å². The second-order valence-electron chi connectivity index (χ2n) is 5.05. The monoisotopic (exact) mass is 375 g/mol. The Bertz CT molecular complexity index is 755. The lowest BCUT2D eigenvalue weighted by Gasteiger charge is -2.13. The highest BCUT2D eigenvalue weighted by molar-refractivity contribution is 6.30. The number of hydrogen-bond acceptors (Lipinski definition) is 4. The summed E-state index contributed by atoms with van der Waals surface area (Å²) in [6.07, 6.45) is -5.95. The summed E-state index contributed by atoms with van der Waals surface area (Å²) in [5.41, 5.74) is 0.666. The topological polar surface area (TPSA) is 68.5 Å². The summed E-state index contributed by atoms with van der Waals surface area (Å²) in [4.78, 5) is 23.4. The fraction of sp³-hybridized carbons (Fsp3) is 0.250. The molecule has 25 heavy (non-hydrogen) atoms. The Morgan fingerprint density at radius 1 is 1.20 bits per heavy atom. The number of carbonyl (C=O) groups excluding carboxylic acids is 2. The molecule has 1 atom stereocenters. The number of amides is 1. The molecule has 0 radical (unpaired) electrons. The van der Waals surface area contributed by atoms with Crippen molar-refractivity contribution in [3.05, 3.63) is 47.2 Å². The molecule has 2 aromatic rings. The third-order valence-electron chi connectivity index (χ3n) is 3.05. The zero-order chi connectivity index (χ0) is 18.6. The van der Waals surface area contributed by atoms with E-state index in [1.165, 1.54) is 12.1 Å². The van der Waals surface area contributed by atoms with Gasteiger partial charge in [0.25, 0.3) is 5.91 Å². The van der Waals surface area contributed by atoms with Crippen LogP contribution in [0, 0.1) is 0 Å². The second kappa shape index (κ2) is 7.60. The molecule has 0 fully saturated rings. The van der Waals surface area contributed by atoms with Crippen LogP contribution >= 0.6 is 11.6 Å². The van der Waals surface area contributed by atoms with Gasteiger partial charge in [0.2, 0.25) is 5.76 Å². The number of esters is 1. The lowest BCUT2D eigenvalue weighted by molar-refractivity contribution is -0.143. The molecule has 5 nitrogen and oxygen atoms in total. The van der Waals surface area contributed by atoms with Gasteiger partial charge in [-0.05, 0) is 43.3 Å². The van der Waals surface area contributed by atoms with E-state index in [0.717, 1.165) is 6.92 Å². The first-order chi connectivity index (χ1) is 11.7. The van der Waals surface area contributed by atoms with Crippen molar-refractivity contribution in [2.45, 2.75) is 19.2 Å². The SMILES string of the molecule is C[C@H](OC(=O)c1ccc(-c2ccc(Cl)cc2)o1)C(=O)NCC(F)(F)F. The molecule has 134 valence electrons. The van der Waals surface area contributed by atoms with Gasteiger partial charge in [-0.1, -0.05) is 11.6 Å². The number of carbonyl (C=O) groups is 2. The molecule has 1 N–H and O–H groups in total. The second-order valence-corrected chi connectivity index (χ2v) is 5.49. The van der Waals surface area contributed by atoms with E-state index in [9.17, 15) is 22.8 Å². The number of alkyl halides is 3. The van der Waals surface area contributed by atoms with Crippen LogP contribution in [-0.2, 0) is 9.53 Å². The van der Waals surface area contributed by atoms with Gasteiger partial charge in [-0.15, -0.1) is 0 Å². The summed E-state index contributed by atoms with van der Waals surface area (Å²) in [5.74, 6) is -1.83. The number of benzene rings is 1. The molecule has 0 saturated carbocycles. The Morgan fingerprint density at radius 3 is 2.44 bits per heavy atom. The highest BCUT2D eigenvalue weighted by Crippen LogP contribution is 2.24. The average molecular weight is 376 g/mol. The maximum absolute atomic E-state index is 12.1. The molecule has 0 saturated heterocycles. The number of halogens is 4. The summed E-state index contributed by atoms with van der Waals surface area (Å²) in [6.45, 7) is -0.345. The van der Waals surface area contributed by atoms with Crippen LogP contribution in [0.25, 0.3) is 11.3 Å². The highest BCUT2D eigenvalue weighted by atomic mass is 35.5. The first kappa shape index (κ1) is 18.9. The fourth-order valence-electron chi connectivity index (χ4n) is 1.82.